The minimum atomic E-state index is 0.153. The zero-order valence-electron chi connectivity index (χ0n) is 10.5. The summed E-state index contributed by atoms with van der Waals surface area (Å²) in [4.78, 5) is 13.6. The van der Waals surface area contributed by atoms with Crippen LogP contribution < -0.4 is 0 Å². The maximum absolute atomic E-state index is 11.8. The van der Waals surface area contributed by atoms with Gasteiger partial charge in [-0.25, -0.2) is 0 Å². The molecule has 94 valence electrons. The molecule has 0 fully saturated rings. The fourth-order valence-electron chi connectivity index (χ4n) is 1.19. The molecule has 0 saturated carbocycles. The number of rotatable bonds is 8. The van der Waals surface area contributed by atoms with Gasteiger partial charge in [-0.15, -0.1) is 0 Å². The van der Waals surface area contributed by atoms with Crippen molar-refractivity contribution in [3.05, 3.63) is 12.2 Å². The first-order chi connectivity index (χ1) is 7.51. The summed E-state index contributed by atoms with van der Waals surface area (Å²) in [6, 6.07) is 0. The van der Waals surface area contributed by atoms with Crippen LogP contribution in [0.2, 0.25) is 0 Å². The predicted octanol–water partition coefficient (Wildman–Crippen LogP) is 1.77. The summed E-state index contributed by atoms with van der Waals surface area (Å²) in [6.45, 7) is 11.2. The van der Waals surface area contributed by atoms with Crippen molar-refractivity contribution in [2.24, 2.45) is 5.92 Å². The lowest BCUT2D eigenvalue weighted by Gasteiger charge is -2.21. The highest BCUT2D eigenvalue weighted by Crippen LogP contribution is 2.09. The van der Waals surface area contributed by atoms with Gasteiger partial charge >= 0.3 is 0 Å². The highest BCUT2D eigenvalue weighted by molar-refractivity contribution is 7.99. The molecule has 0 rings (SSSR count). The normalized spacial score (nSPS) is 12.2. The van der Waals surface area contributed by atoms with Crippen LogP contribution in [0, 0.1) is 5.92 Å². The van der Waals surface area contributed by atoms with E-state index in [1.807, 2.05) is 20.8 Å². The molecule has 3 nitrogen and oxygen atoms in total. The van der Waals surface area contributed by atoms with E-state index in [-0.39, 0.29) is 18.4 Å². The molecular formula is C12H23NO2S. The monoisotopic (exact) mass is 245 g/mol. The Hall–Kier alpha value is -0.480. The van der Waals surface area contributed by atoms with E-state index in [1.54, 1.807) is 16.7 Å². The number of carbonyl (C=O) groups is 1. The zero-order chi connectivity index (χ0) is 12.6. The Labute approximate surface area is 103 Å². The van der Waals surface area contributed by atoms with Gasteiger partial charge in [0.25, 0.3) is 0 Å². The van der Waals surface area contributed by atoms with Gasteiger partial charge in [0.1, 0.15) is 0 Å². The highest BCUT2D eigenvalue weighted by Gasteiger charge is 2.11. The molecule has 0 aromatic carbocycles. The molecule has 0 aromatic rings. The molecule has 1 atom stereocenters. The summed E-state index contributed by atoms with van der Waals surface area (Å²) in [5.74, 6) is 1.73. The van der Waals surface area contributed by atoms with Crippen LogP contribution in [0.4, 0.5) is 0 Å². The van der Waals surface area contributed by atoms with Crippen LogP contribution in [-0.4, -0.2) is 47.1 Å². The number of hydrogen-bond acceptors (Lipinski definition) is 3. The van der Waals surface area contributed by atoms with Gasteiger partial charge in [-0.3, -0.25) is 4.79 Å². The van der Waals surface area contributed by atoms with Crippen LogP contribution in [-0.2, 0) is 4.79 Å². The Morgan fingerprint density at radius 3 is 2.62 bits per heavy atom. The molecule has 0 bridgehead atoms. The minimum absolute atomic E-state index is 0.153. The summed E-state index contributed by atoms with van der Waals surface area (Å²) in [7, 11) is 0. The number of likely N-dealkylation sites (N-methyl/N-ethyl adjacent to an activating group) is 1. The van der Waals surface area contributed by atoms with Crippen LogP contribution in [0.5, 0.6) is 0 Å². The fraction of sp³-hybridized carbons (Fsp3) is 0.750. The summed E-state index contributed by atoms with van der Waals surface area (Å²) < 4.78 is 0. The molecule has 1 N–H and O–H groups in total. The first kappa shape index (κ1) is 15.5. The number of thioether (sulfide) groups is 1. The van der Waals surface area contributed by atoms with Gasteiger partial charge in [0.05, 0.1) is 5.75 Å². The second kappa shape index (κ2) is 8.65. The molecule has 0 radical (unpaired) electrons. The molecule has 16 heavy (non-hydrogen) atoms. The Bertz CT molecular complexity index is 231. The molecular weight excluding hydrogens is 222 g/mol. The molecule has 1 unspecified atom stereocenters. The molecule has 4 heteroatoms. The van der Waals surface area contributed by atoms with Crippen molar-refractivity contribution in [3.8, 4) is 0 Å². The topological polar surface area (TPSA) is 40.5 Å². The van der Waals surface area contributed by atoms with Crippen molar-refractivity contribution in [2.45, 2.75) is 20.8 Å². The van der Waals surface area contributed by atoms with E-state index in [2.05, 4.69) is 6.58 Å². The second-order valence-corrected chi connectivity index (χ2v) is 5.20. The van der Waals surface area contributed by atoms with E-state index in [0.717, 1.165) is 17.9 Å². The maximum Gasteiger partial charge on any atom is 0.232 e. The van der Waals surface area contributed by atoms with Crippen LogP contribution in [0.25, 0.3) is 0 Å². The van der Waals surface area contributed by atoms with E-state index < -0.39 is 0 Å². The molecule has 0 aliphatic rings. The van der Waals surface area contributed by atoms with Crippen molar-refractivity contribution in [1.29, 1.82) is 0 Å². The van der Waals surface area contributed by atoms with Crippen LogP contribution in [0.15, 0.2) is 12.2 Å². The quantitative estimate of drug-likeness (QED) is 0.663. The molecule has 0 heterocycles. The van der Waals surface area contributed by atoms with E-state index in [9.17, 15) is 4.79 Å². The van der Waals surface area contributed by atoms with E-state index >= 15 is 0 Å². The lowest BCUT2D eigenvalue weighted by Crippen LogP contribution is -2.33. The molecule has 0 aliphatic carbocycles. The van der Waals surface area contributed by atoms with E-state index in [0.29, 0.717) is 12.3 Å². The first-order valence-corrected chi connectivity index (χ1v) is 6.77. The number of nitrogens with zero attached hydrogens (tertiary/aromatic N) is 1. The van der Waals surface area contributed by atoms with Gasteiger partial charge in [-0.2, -0.15) is 11.8 Å². The zero-order valence-corrected chi connectivity index (χ0v) is 11.3. The van der Waals surface area contributed by atoms with Crippen molar-refractivity contribution >= 4 is 17.7 Å². The van der Waals surface area contributed by atoms with Crippen molar-refractivity contribution in [3.63, 3.8) is 0 Å². The van der Waals surface area contributed by atoms with Crippen LogP contribution in [0.3, 0.4) is 0 Å². The van der Waals surface area contributed by atoms with Crippen molar-refractivity contribution < 1.29 is 9.90 Å². The SMILES string of the molecule is C=C(C)CN(CC)C(=O)CSCC(C)CO. The standard InChI is InChI=1S/C12H23NO2S/c1-5-13(6-10(2)3)12(15)9-16-8-11(4)7-14/h11,14H,2,5-9H2,1,3-4H3. The average Bonchev–Trinajstić information content (AvgIpc) is 2.24. The third kappa shape index (κ3) is 6.90. The van der Waals surface area contributed by atoms with Crippen molar-refractivity contribution in [2.75, 3.05) is 31.2 Å². The van der Waals surface area contributed by atoms with E-state index in [1.165, 1.54) is 0 Å². The Balaban J connectivity index is 3.88. The first-order valence-electron chi connectivity index (χ1n) is 5.62. The lowest BCUT2D eigenvalue weighted by atomic mass is 10.2. The minimum Gasteiger partial charge on any atom is -0.396 e. The Morgan fingerprint density at radius 2 is 2.19 bits per heavy atom. The van der Waals surface area contributed by atoms with Gasteiger partial charge in [0.2, 0.25) is 5.91 Å². The average molecular weight is 245 g/mol. The Kier molecular flexibility index (Phi) is 8.39. The molecule has 0 spiro atoms. The summed E-state index contributed by atoms with van der Waals surface area (Å²) in [5.41, 5.74) is 1.00. The van der Waals surface area contributed by atoms with Crippen molar-refractivity contribution in [1.82, 2.24) is 4.90 Å². The van der Waals surface area contributed by atoms with Gasteiger partial charge in [-0.1, -0.05) is 19.1 Å². The van der Waals surface area contributed by atoms with Gasteiger partial charge in [0, 0.05) is 19.7 Å². The predicted molar refractivity (Wildman–Crippen MR) is 70.6 cm³/mol. The highest BCUT2D eigenvalue weighted by atomic mass is 32.2. The smallest absolute Gasteiger partial charge is 0.232 e. The molecule has 0 aliphatic heterocycles. The molecule has 1 amide bonds. The third-order valence-electron chi connectivity index (χ3n) is 2.13. The largest absolute Gasteiger partial charge is 0.396 e. The summed E-state index contributed by atoms with van der Waals surface area (Å²) >= 11 is 1.58. The van der Waals surface area contributed by atoms with Crippen LogP contribution in [0.1, 0.15) is 20.8 Å². The summed E-state index contributed by atoms with van der Waals surface area (Å²) in [5, 5.41) is 8.85. The summed E-state index contributed by atoms with van der Waals surface area (Å²) in [6.07, 6.45) is 0. The van der Waals surface area contributed by atoms with Gasteiger partial charge < -0.3 is 10.0 Å². The number of carbonyl (C=O) groups excluding carboxylic acids is 1. The lowest BCUT2D eigenvalue weighted by molar-refractivity contribution is -0.127. The van der Waals surface area contributed by atoms with Gasteiger partial charge in [0.15, 0.2) is 0 Å². The van der Waals surface area contributed by atoms with Gasteiger partial charge in [-0.05, 0) is 25.5 Å². The number of amides is 1. The van der Waals surface area contributed by atoms with E-state index in [4.69, 9.17) is 5.11 Å². The molecule has 0 aromatic heterocycles. The molecule has 0 saturated heterocycles. The number of aliphatic hydroxyl groups excluding tert-OH is 1. The third-order valence-corrected chi connectivity index (χ3v) is 3.39. The Morgan fingerprint density at radius 1 is 1.56 bits per heavy atom. The fourth-order valence-corrected chi connectivity index (χ4v) is 2.18. The number of hydrogen-bond donors (Lipinski definition) is 1. The number of aliphatic hydroxyl groups is 1. The second-order valence-electron chi connectivity index (χ2n) is 4.17. The maximum atomic E-state index is 11.8. The van der Waals surface area contributed by atoms with Crippen LogP contribution >= 0.6 is 11.8 Å².